The first-order valence-electron chi connectivity index (χ1n) is 46.0. The van der Waals surface area contributed by atoms with Gasteiger partial charge < -0.3 is 18.3 Å². The van der Waals surface area contributed by atoms with E-state index in [0.29, 0.717) is 92.7 Å². The van der Waals surface area contributed by atoms with Crippen LogP contribution in [-0.2, 0) is 5.41 Å². The van der Waals surface area contributed by atoms with E-state index in [2.05, 4.69) is 20.8 Å². The Morgan fingerprint density at radius 3 is 0.971 bits per heavy atom. The highest BCUT2D eigenvalue weighted by atomic mass is 15.1. The number of benzene rings is 16. The van der Waals surface area contributed by atoms with Crippen molar-refractivity contribution in [3.8, 4) is 56.1 Å². The predicted molar refractivity (Wildman–Crippen MR) is 449 cm³/mol. The molecule has 105 heavy (non-hydrogen) atoms. The fraction of sp³-hybridized carbons (Fsp3) is 0.0400. The van der Waals surface area contributed by atoms with Crippen LogP contribution in [0.25, 0.3) is 186 Å². The Balaban J connectivity index is 1.14. The summed E-state index contributed by atoms with van der Waals surface area (Å²) in [5, 5.41) is 4.01. The summed E-state index contributed by atoms with van der Waals surface area (Å²) < 4.78 is 234. The van der Waals surface area contributed by atoms with Crippen molar-refractivity contribution >= 4 is 153 Å². The average Bonchev–Trinajstić information content (AvgIpc) is 1.60. The molecule has 0 N–H and O–H groups in total. The smallest absolute Gasteiger partial charge is 0.252 e. The molecule has 490 valence electrons. The zero-order valence-electron chi connectivity index (χ0n) is 78.7. The van der Waals surface area contributed by atoms with Crippen molar-refractivity contribution in [3.05, 3.63) is 357 Å². The Hall–Kier alpha value is -13.2. The number of hydrogen-bond acceptors (Lipinski definition) is 0. The monoisotopic (exact) mass is 1360 g/mol. The van der Waals surface area contributed by atoms with Crippen LogP contribution in [0, 0.1) is 0 Å². The first-order chi connectivity index (χ1) is 61.0. The van der Waals surface area contributed by atoms with Gasteiger partial charge in [0, 0.05) is 65.6 Å². The van der Waals surface area contributed by atoms with Gasteiger partial charge in [-0.3, -0.25) is 0 Å². The third-order valence-corrected chi connectivity index (χ3v) is 21.5. The molecule has 20 aromatic rings. The maximum Gasteiger partial charge on any atom is 0.252 e. The summed E-state index contributed by atoms with van der Waals surface area (Å²) in [5.74, 6) is 0. The SMILES string of the molecule is [2H]c1c(-c2ccc(C(C)(C)C)cc2)c([2H])c2c3c1-n1c4c(-c5ccccc5)cccc4c4ccccc4c4ccccc4c4c(-n5c6c([2H])c([2H])c([2H])c([2H])c6c6c([2H])c([2H])c([2H])c([2H])c65)c([2H])c([2H])c(c41)B3c1c([2H])c([2H])c(-n3c4c([2H])c([2H])c([2H])c([2H])c4c4c([2H])c([2H])c([2H])c([2H])c43)c3c4ccccc4c4ccccc4c4cccc(-c5ccccc5)c4n-2c13. The van der Waals surface area contributed by atoms with Gasteiger partial charge in [-0.2, -0.15) is 0 Å². The molecule has 4 aromatic heterocycles. The van der Waals surface area contributed by atoms with Crippen LogP contribution in [0.1, 0.15) is 56.5 Å². The van der Waals surface area contributed by atoms with Gasteiger partial charge in [0.1, 0.15) is 0 Å². The Bertz CT molecular complexity index is 8090. The topological polar surface area (TPSA) is 19.7 Å². The zero-order chi connectivity index (χ0) is 88.5. The van der Waals surface area contributed by atoms with Crippen LogP contribution in [0.4, 0.5) is 0 Å². The highest BCUT2D eigenvalue weighted by Crippen LogP contribution is 2.48. The van der Waals surface area contributed by atoms with Crippen LogP contribution < -0.4 is 16.4 Å². The number of hydrogen-bond donors (Lipinski definition) is 0. The molecule has 0 atom stereocenters. The molecule has 16 aromatic carbocycles. The molecule has 0 unspecified atom stereocenters. The van der Waals surface area contributed by atoms with Crippen LogP contribution in [-0.4, -0.2) is 25.0 Å². The van der Waals surface area contributed by atoms with Gasteiger partial charge in [-0.25, -0.2) is 0 Å². The van der Waals surface area contributed by atoms with Gasteiger partial charge in [-0.1, -0.05) is 324 Å². The highest BCUT2D eigenvalue weighted by Gasteiger charge is 2.42. The van der Waals surface area contributed by atoms with E-state index in [9.17, 15) is 30.2 Å². The van der Waals surface area contributed by atoms with Crippen LogP contribution >= 0.6 is 0 Å². The van der Waals surface area contributed by atoms with E-state index in [1.165, 1.54) is 9.13 Å². The standard InChI is InChI=1S/C100H67BN4/c1-100(2,3)66-54-52-62(53-55-66)65-60-91-95-92(61-65)105-97-68(64-30-8-5-9-31-64)45-27-47-82(97)74-37-13-11-33-70(74)72-35-15-17-43-80(72)94-90(103-87-50-24-20-40-77(87)78-41-21-25-51-88(78)103)59-57-84(99(94)105)101(95)83-56-58-89(102-85-48-22-18-38-75(85)76-39-19-23-49-86(76)102)93-79-42-16-14-34-71(79)69-32-10-12-36-73(69)81-46-26-44-67(63-28-6-4-7-29-63)96(81)104(91)98(83)93/h4-61H,1-3H3/i18D,19D,20D,21D,22D,23D,24D,25D,38D,39D,40D,41D,48D,49D,50D,51D,56D,57D,58D,59D,60D,61D. The molecule has 2 aliphatic rings. The largest absolute Gasteiger partial charge is 0.309 e. The van der Waals surface area contributed by atoms with Gasteiger partial charge in [0.15, 0.2) is 0 Å². The second kappa shape index (κ2) is 22.6. The first kappa shape index (κ1) is 41.6. The van der Waals surface area contributed by atoms with E-state index in [4.69, 9.17) is 0 Å². The second-order valence-corrected chi connectivity index (χ2v) is 28.0. The fourth-order valence-corrected chi connectivity index (χ4v) is 17.0. The van der Waals surface area contributed by atoms with Crippen molar-refractivity contribution in [1.29, 1.82) is 0 Å². The lowest BCUT2D eigenvalue weighted by Gasteiger charge is -2.37. The molecule has 0 spiro atoms. The lowest BCUT2D eigenvalue weighted by Crippen LogP contribution is -2.60. The molecule has 0 fully saturated rings. The Kier molecular flexibility index (Phi) is 8.98. The summed E-state index contributed by atoms with van der Waals surface area (Å²) in [4.78, 5) is 0. The summed E-state index contributed by atoms with van der Waals surface area (Å²) in [6.45, 7) is 4.47. The van der Waals surface area contributed by atoms with Gasteiger partial charge in [0.05, 0.1) is 85.7 Å². The van der Waals surface area contributed by atoms with Crippen LogP contribution in [0.3, 0.4) is 0 Å². The maximum atomic E-state index is 12.1. The molecule has 0 aliphatic carbocycles. The molecule has 0 saturated carbocycles. The molecular weight excluding hydrogens is 1270 g/mol. The first-order valence-corrected chi connectivity index (χ1v) is 35.0. The Morgan fingerprint density at radius 1 is 0.257 bits per heavy atom. The number of aromatic nitrogens is 4. The molecule has 0 bridgehead atoms. The van der Waals surface area contributed by atoms with E-state index in [0.717, 1.165) is 5.56 Å². The van der Waals surface area contributed by atoms with Crippen molar-refractivity contribution < 1.29 is 30.2 Å². The predicted octanol–water partition coefficient (Wildman–Crippen LogP) is 24.4. The minimum atomic E-state index is -1.76. The van der Waals surface area contributed by atoms with Crippen molar-refractivity contribution in [2.45, 2.75) is 26.2 Å². The summed E-state index contributed by atoms with van der Waals surface area (Å²) in [5.41, 5.74) is 2.08. The van der Waals surface area contributed by atoms with Crippen LogP contribution in [0.5, 0.6) is 0 Å². The summed E-state index contributed by atoms with van der Waals surface area (Å²) in [6, 6.07) is 54.2. The summed E-state index contributed by atoms with van der Waals surface area (Å²) in [7, 11) is 0. The molecule has 4 nitrogen and oxygen atoms in total. The molecule has 5 heteroatoms. The number of fused-ring (bicyclic) bond motifs is 24. The molecule has 0 radical (unpaired) electrons. The lowest BCUT2D eigenvalue weighted by atomic mass is 9.34. The molecule has 2 aliphatic heterocycles. The molecule has 6 heterocycles. The molecule has 22 rings (SSSR count). The highest BCUT2D eigenvalue weighted by molar-refractivity contribution is 7.00. The normalized spacial score (nSPS) is 15.4. The van der Waals surface area contributed by atoms with E-state index in [-0.39, 0.29) is 122 Å². The third kappa shape index (κ3) is 8.58. The Labute approximate surface area is 638 Å². The zero-order valence-corrected chi connectivity index (χ0v) is 56.7. The minimum Gasteiger partial charge on any atom is -0.309 e. The van der Waals surface area contributed by atoms with E-state index < -0.39 is 133 Å². The fourth-order valence-electron chi connectivity index (χ4n) is 17.0. The number of para-hydroxylation sites is 6. The van der Waals surface area contributed by atoms with E-state index in [1.807, 2.05) is 215 Å². The van der Waals surface area contributed by atoms with Gasteiger partial charge in [-0.05, 0) is 141 Å². The number of rotatable bonds is 5. The minimum absolute atomic E-state index is 0.0223. The number of nitrogens with zero attached hydrogens (tertiary/aromatic N) is 4. The summed E-state index contributed by atoms with van der Waals surface area (Å²) in [6.07, 6.45) is 0. The quantitative estimate of drug-likeness (QED) is 0.153. The van der Waals surface area contributed by atoms with E-state index in [1.54, 1.807) is 12.1 Å². The van der Waals surface area contributed by atoms with Gasteiger partial charge >= 0.3 is 0 Å². The molecule has 0 saturated heterocycles. The Morgan fingerprint density at radius 2 is 0.590 bits per heavy atom. The van der Waals surface area contributed by atoms with Crippen LogP contribution in [0.2, 0.25) is 0 Å². The second-order valence-electron chi connectivity index (χ2n) is 28.0. The van der Waals surface area contributed by atoms with Gasteiger partial charge in [-0.15, -0.1) is 0 Å². The van der Waals surface area contributed by atoms with Gasteiger partial charge in [0.25, 0.3) is 6.71 Å². The molecular formula is C100H67BN4. The summed E-state index contributed by atoms with van der Waals surface area (Å²) >= 11 is 0. The van der Waals surface area contributed by atoms with Crippen molar-refractivity contribution in [1.82, 2.24) is 18.3 Å². The third-order valence-electron chi connectivity index (χ3n) is 21.5. The van der Waals surface area contributed by atoms with Gasteiger partial charge in [0.2, 0.25) is 0 Å². The molecule has 0 amide bonds. The lowest BCUT2D eigenvalue weighted by molar-refractivity contribution is 0.590. The average molecular weight is 1360 g/mol. The maximum absolute atomic E-state index is 12.1. The van der Waals surface area contributed by atoms with Crippen molar-refractivity contribution in [3.63, 3.8) is 0 Å². The van der Waals surface area contributed by atoms with Crippen molar-refractivity contribution in [2.24, 2.45) is 0 Å². The van der Waals surface area contributed by atoms with Crippen LogP contribution in [0.15, 0.2) is 351 Å². The van der Waals surface area contributed by atoms with E-state index >= 15 is 0 Å². The van der Waals surface area contributed by atoms with Crippen molar-refractivity contribution in [2.75, 3.05) is 0 Å².